The van der Waals surface area contributed by atoms with E-state index in [1.54, 1.807) is 6.92 Å². The summed E-state index contributed by atoms with van der Waals surface area (Å²) in [7, 11) is 0. The number of Topliss-reactive ketones (excluding diaryl/α,β-unsaturated/α-hetero) is 1. The first-order valence-electron chi connectivity index (χ1n) is 4.76. The molecule has 72 valence electrons. The summed E-state index contributed by atoms with van der Waals surface area (Å²) in [6.07, 6.45) is 2.14. The highest BCUT2D eigenvalue weighted by atomic mass is 16.1. The van der Waals surface area contributed by atoms with E-state index in [9.17, 15) is 4.79 Å². The number of hydrogen-bond donors (Lipinski definition) is 1. The SMILES string of the molecule is CCCc1[nH]c(C)c(C(C)=O)c1C. The minimum absolute atomic E-state index is 0.161. The van der Waals surface area contributed by atoms with Gasteiger partial charge in [-0.25, -0.2) is 0 Å². The molecule has 1 rings (SSSR count). The number of carbonyl (C=O) groups excluding carboxylic acids is 1. The maximum atomic E-state index is 11.3. The number of H-pyrrole nitrogens is 1. The minimum atomic E-state index is 0.161. The van der Waals surface area contributed by atoms with Crippen LogP contribution in [0.5, 0.6) is 0 Å². The zero-order valence-corrected chi connectivity index (χ0v) is 8.82. The van der Waals surface area contributed by atoms with E-state index in [4.69, 9.17) is 0 Å². The van der Waals surface area contributed by atoms with Gasteiger partial charge in [0.2, 0.25) is 0 Å². The second-order valence-corrected chi connectivity index (χ2v) is 3.53. The van der Waals surface area contributed by atoms with E-state index < -0.39 is 0 Å². The molecule has 2 nitrogen and oxygen atoms in total. The Labute approximate surface area is 79.4 Å². The molecule has 0 unspecified atom stereocenters. The first kappa shape index (κ1) is 10.0. The zero-order valence-electron chi connectivity index (χ0n) is 8.82. The summed E-state index contributed by atoms with van der Waals surface area (Å²) in [5, 5.41) is 0. The predicted molar refractivity (Wildman–Crippen MR) is 54.3 cm³/mol. The van der Waals surface area contributed by atoms with Gasteiger partial charge in [0.05, 0.1) is 0 Å². The fraction of sp³-hybridized carbons (Fsp3) is 0.545. The normalized spacial score (nSPS) is 10.5. The number of carbonyl (C=O) groups is 1. The molecule has 0 atom stereocenters. The Balaban J connectivity index is 3.14. The van der Waals surface area contributed by atoms with Crippen LogP contribution in [0, 0.1) is 13.8 Å². The van der Waals surface area contributed by atoms with Crippen LogP contribution in [-0.2, 0) is 6.42 Å². The summed E-state index contributed by atoms with van der Waals surface area (Å²) in [6, 6.07) is 0. The van der Waals surface area contributed by atoms with Crippen LogP contribution in [0.2, 0.25) is 0 Å². The molecular weight excluding hydrogens is 162 g/mol. The molecule has 0 spiro atoms. The number of ketones is 1. The van der Waals surface area contributed by atoms with Crippen LogP contribution in [0.4, 0.5) is 0 Å². The average molecular weight is 179 g/mol. The van der Waals surface area contributed by atoms with Gasteiger partial charge in [0, 0.05) is 17.0 Å². The zero-order chi connectivity index (χ0) is 10.0. The highest BCUT2D eigenvalue weighted by molar-refractivity contribution is 5.97. The standard InChI is InChI=1S/C11H17NO/c1-5-6-10-7(2)11(9(4)13)8(3)12-10/h12H,5-6H2,1-4H3. The van der Waals surface area contributed by atoms with Crippen LogP contribution in [0.25, 0.3) is 0 Å². The molecule has 0 saturated heterocycles. The maximum absolute atomic E-state index is 11.3. The number of hydrogen-bond acceptors (Lipinski definition) is 1. The van der Waals surface area contributed by atoms with Crippen LogP contribution in [-0.4, -0.2) is 10.8 Å². The molecular formula is C11H17NO. The van der Waals surface area contributed by atoms with E-state index in [0.717, 1.165) is 29.7 Å². The lowest BCUT2D eigenvalue weighted by atomic mass is 10.1. The topological polar surface area (TPSA) is 32.9 Å². The molecule has 0 aliphatic heterocycles. The fourth-order valence-corrected chi connectivity index (χ4v) is 1.84. The first-order chi connectivity index (χ1) is 6.07. The number of nitrogens with one attached hydrogen (secondary N) is 1. The quantitative estimate of drug-likeness (QED) is 0.711. The van der Waals surface area contributed by atoms with Gasteiger partial charge in [0.1, 0.15) is 0 Å². The van der Waals surface area contributed by atoms with E-state index in [-0.39, 0.29) is 5.78 Å². The first-order valence-corrected chi connectivity index (χ1v) is 4.76. The van der Waals surface area contributed by atoms with Crippen molar-refractivity contribution in [2.75, 3.05) is 0 Å². The van der Waals surface area contributed by atoms with Crippen LogP contribution in [0.15, 0.2) is 0 Å². The van der Waals surface area contributed by atoms with Gasteiger partial charge in [0.15, 0.2) is 5.78 Å². The fourth-order valence-electron chi connectivity index (χ4n) is 1.84. The molecule has 1 N–H and O–H groups in total. The van der Waals surface area contributed by atoms with Crippen molar-refractivity contribution in [3.05, 3.63) is 22.5 Å². The minimum Gasteiger partial charge on any atom is -0.362 e. The average Bonchev–Trinajstić information content (AvgIpc) is 2.28. The van der Waals surface area contributed by atoms with Crippen molar-refractivity contribution in [3.63, 3.8) is 0 Å². The van der Waals surface area contributed by atoms with E-state index >= 15 is 0 Å². The van der Waals surface area contributed by atoms with Crippen LogP contribution in [0.1, 0.15) is 47.6 Å². The van der Waals surface area contributed by atoms with Crippen molar-refractivity contribution < 1.29 is 4.79 Å². The summed E-state index contributed by atoms with van der Waals surface area (Å²) in [6.45, 7) is 7.75. The Morgan fingerprint density at radius 2 is 2.00 bits per heavy atom. The third-order valence-corrected chi connectivity index (χ3v) is 2.39. The molecule has 1 heterocycles. The molecule has 0 aliphatic rings. The Hall–Kier alpha value is -1.05. The lowest BCUT2D eigenvalue weighted by Gasteiger charge is -1.97. The van der Waals surface area contributed by atoms with Gasteiger partial charge in [-0.15, -0.1) is 0 Å². The molecule has 0 fully saturated rings. The molecule has 0 radical (unpaired) electrons. The van der Waals surface area contributed by atoms with E-state index in [1.807, 2.05) is 13.8 Å². The predicted octanol–water partition coefficient (Wildman–Crippen LogP) is 2.79. The van der Waals surface area contributed by atoms with Crippen molar-refractivity contribution in [2.24, 2.45) is 0 Å². The van der Waals surface area contributed by atoms with Crippen LogP contribution < -0.4 is 0 Å². The maximum Gasteiger partial charge on any atom is 0.161 e. The van der Waals surface area contributed by atoms with Crippen LogP contribution >= 0.6 is 0 Å². The van der Waals surface area contributed by atoms with Gasteiger partial charge >= 0.3 is 0 Å². The van der Waals surface area contributed by atoms with Crippen molar-refractivity contribution in [2.45, 2.75) is 40.5 Å². The van der Waals surface area contributed by atoms with Crippen molar-refractivity contribution >= 4 is 5.78 Å². The van der Waals surface area contributed by atoms with Gasteiger partial charge in [-0.3, -0.25) is 4.79 Å². The summed E-state index contributed by atoms with van der Waals surface area (Å²) in [5.74, 6) is 0.161. The molecule has 1 aromatic heterocycles. The second kappa shape index (κ2) is 3.77. The van der Waals surface area contributed by atoms with Gasteiger partial charge < -0.3 is 4.98 Å². The lowest BCUT2D eigenvalue weighted by molar-refractivity contribution is 0.101. The van der Waals surface area contributed by atoms with Gasteiger partial charge in [-0.05, 0) is 32.8 Å². The Morgan fingerprint density at radius 1 is 1.38 bits per heavy atom. The van der Waals surface area contributed by atoms with Crippen molar-refractivity contribution in [1.29, 1.82) is 0 Å². The van der Waals surface area contributed by atoms with Crippen molar-refractivity contribution in [1.82, 2.24) is 4.98 Å². The highest BCUT2D eigenvalue weighted by Gasteiger charge is 2.13. The second-order valence-electron chi connectivity index (χ2n) is 3.53. The van der Waals surface area contributed by atoms with Gasteiger partial charge in [-0.1, -0.05) is 13.3 Å². The van der Waals surface area contributed by atoms with Crippen molar-refractivity contribution in [3.8, 4) is 0 Å². The van der Waals surface area contributed by atoms with E-state index in [2.05, 4.69) is 11.9 Å². The lowest BCUT2D eigenvalue weighted by Crippen LogP contribution is -1.95. The Morgan fingerprint density at radius 3 is 2.38 bits per heavy atom. The molecule has 0 bridgehead atoms. The monoisotopic (exact) mass is 179 g/mol. The Bertz CT molecular complexity index is 323. The van der Waals surface area contributed by atoms with Gasteiger partial charge in [0.25, 0.3) is 0 Å². The highest BCUT2D eigenvalue weighted by Crippen LogP contribution is 2.19. The largest absolute Gasteiger partial charge is 0.362 e. The van der Waals surface area contributed by atoms with E-state index in [1.165, 1.54) is 5.69 Å². The summed E-state index contributed by atoms with van der Waals surface area (Å²) >= 11 is 0. The summed E-state index contributed by atoms with van der Waals surface area (Å²) < 4.78 is 0. The molecule has 0 aliphatic carbocycles. The summed E-state index contributed by atoms with van der Waals surface area (Å²) in [4.78, 5) is 14.6. The molecule has 1 aromatic rings. The molecule has 0 aromatic carbocycles. The molecule has 0 amide bonds. The smallest absolute Gasteiger partial charge is 0.161 e. The number of aromatic amines is 1. The van der Waals surface area contributed by atoms with Gasteiger partial charge in [-0.2, -0.15) is 0 Å². The molecule has 13 heavy (non-hydrogen) atoms. The third-order valence-electron chi connectivity index (χ3n) is 2.39. The molecule has 2 heteroatoms. The number of aromatic nitrogens is 1. The number of aryl methyl sites for hydroxylation is 2. The van der Waals surface area contributed by atoms with E-state index in [0.29, 0.717) is 0 Å². The van der Waals surface area contributed by atoms with Crippen LogP contribution in [0.3, 0.4) is 0 Å². The summed E-state index contributed by atoms with van der Waals surface area (Å²) in [5.41, 5.74) is 4.23. The Kier molecular flexibility index (Phi) is 2.91. The molecule has 0 saturated carbocycles. The number of rotatable bonds is 3. The third kappa shape index (κ3) is 1.82.